The Labute approximate surface area is 116 Å². The molecule has 0 radical (unpaired) electrons. The van der Waals surface area contributed by atoms with Crippen molar-refractivity contribution >= 4 is 11.8 Å². The van der Waals surface area contributed by atoms with E-state index in [1.165, 1.54) is 12.3 Å². The number of carboxylic acid groups (broad SMARTS) is 1. The average Bonchev–Trinajstić information content (AvgIpc) is 2.47. The van der Waals surface area contributed by atoms with Crippen molar-refractivity contribution in [1.29, 1.82) is 0 Å². The Kier molecular flexibility index (Phi) is 3.06. The number of carbonyl (C=O) groups excluding carboxylic acids is 1. The van der Waals surface area contributed by atoms with Gasteiger partial charge >= 0.3 is 5.97 Å². The quantitative estimate of drug-likeness (QED) is 0.908. The molecule has 0 unspecified atom stereocenters. The summed E-state index contributed by atoms with van der Waals surface area (Å²) in [6, 6.07) is 9.03. The Hall–Kier alpha value is -2.49. The normalized spacial score (nSPS) is 13.9. The van der Waals surface area contributed by atoms with E-state index >= 15 is 0 Å². The van der Waals surface area contributed by atoms with Crippen LogP contribution in [0.5, 0.6) is 0 Å². The molecule has 0 saturated carbocycles. The minimum atomic E-state index is -1.05. The third-order valence-corrected chi connectivity index (χ3v) is 3.57. The Morgan fingerprint density at radius 3 is 2.70 bits per heavy atom. The molecule has 1 aliphatic rings. The number of aromatic carboxylic acids is 1. The van der Waals surface area contributed by atoms with Crippen LogP contribution in [0.4, 0.5) is 0 Å². The molecule has 3 rings (SSSR count). The Morgan fingerprint density at radius 2 is 1.90 bits per heavy atom. The number of hydrogen-bond acceptors (Lipinski definition) is 3. The molecular formula is C16H13NO3. The fraction of sp³-hybridized carbons (Fsp3) is 0.188. The SMILES string of the molecule is O=C(O)c1cc(-c2ccc3c(c2)C(=O)CCC3)ccn1. The first-order chi connectivity index (χ1) is 9.65. The van der Waals surface area contributed by atoms with Gasteiger partial charge in [0, 0.05) is 18.2 Å². The number of aryl methyl sites for hydroxylation is 1. The molecule has 1 aromatic heterocycles. The lowest BCUT2D eigenvalue weighted by Gasteiger charge is -2.15. The number of Topliss-reactive ketones (excluding diaryl/α,β-unsaturated/α-hetero) is 1. The van der Waals surface area contributed by atoms with E-state index in [9.17, 15) is 9.59 Å². The van der Waals surface area contributed by atoms with Crippen LogP contribution in [-0.4, -0.2) is 21.8 Å². The van der Waals surface area contributed by atoms with Crippen LogP contribution >= 0.6 is 0 Å². The zero-order valence-corrected chi connectivity index (χ0v) is 10.8. The maximum atomic E-state index is 11.9. The number of hydrogen-bond donors (Lipinski definition) is 1. The summed E-state index contributed by atoms with van der Waals surface area (Å²) in [5.41, 5.74) is 3.47. The maximum Gasteiger partial charge on any atom is 0.354 e. The number of benzene rings is 1. The second-order valence-electron chi connectivity index (χ2n) is 4.88. The summed E-state index contributed by atoms with van der Waals surface area (Å²) in [6.07, 6.45) is 3.90. The molecule has 1 aromatic carbocycles. The highest BCUT2D eigenvalue weighted by atomic mass is 16.4. The van der Waals surface area contributed by atoms with Crippen molar-refractivity contribution in [3.63, 3.8) is 0 Å². The summed E-state index contributed by atoms with van der Waals surface area (Å²) >= 11 is 0. The van der Waals surface area contributed by atoms with Crippen LogP contribution in [0.15, 0.2) is 36.5 Å². The molecule has 20 heavy (non-hydrogen) atoms. The lowest BCUT2D eigenvalue weighted by molar-refractivity contribution is 0.0690. The van der Waals surface area contributed by atoms with Gasteiger partial charge in [0.05, 0.1) is 0 Å². The largest absolute Gasteiger partial charge is 0.477 e. The standard InChI is InChI=1S/C16H13NO3/c18-15-3-1-2-10-4-5-11(8-13(10)15)12-6-7-17-14(9-12)16(19)20/h4-9H,1-3H2,(H,19,20). The lowest BCUT2D eigenvalue weighted by atomic mass is 9.88. The van der Waals surface area contributed by atoms with Gasteiger partial charge < -0.3 is 5.11 Å². The van der Waals surface area contributed by atoms with Gasteiger partial charge in [-0.05, 0) is 47.7 Å². The second-order valence-corrected chi connectivity index (χ2v) is 4.88. The van der Waals surface area contributed by atoms with Gasteiger partial charge in [0.15, 0.2) is 5.78 Å². The van der Waals surface area contributed by atoms with E-state index in [0.29, 0.717) is 6.42 Å². The van der Waals surface area contributed by atoms with E-state index in [-0.39, 0.29) is 11.5 Å². The second kappa shape index (κ2) is 4.89. The molecule has 0 spiro atoms. The number of ketones is 1. The average molecular weight is 267 g/mol. The van der Waals surface area contributed by atoms with Crippen molar-refractivity contribution < 1.29 is 14.7 Å². The fourth-order valence-corrected chi connectivity index (χ4v) is 2.53. The van der Waals surface area contributed by atoms with Gasteiger partial charge in [-0.1, -0.05) is 12.1 Å². The van der Waals surface area contributed by atoms with Crippen molar-refractivity contribution in [3.8, 4) is 11.1 Å². The van der Waals surface area contributed by atoms with E-state index in [0.717, 1.165) is 35.1 Å². The zero-order valence-electron chi connectivity index (χ0n) is 10.8. The molecule has 0 atom stereocenters. The van der Waals surface area contributed by atoms with Crippen LogP contribution < -0.4 is 0 Å². The molecule has 0 bridgehead atoms. The first kappa shape index (κ1) is 12.5. The summed E-state index contributed by atoms with van der Waals surface area (Å²) in [6.45, 7) is 0. The van der Waals surface area contributed by atoms with Crippen LogP contribution in [-0.2, 0) is 6.42 Å². The summed E-state index contributed by atoms with van der Waals surface area (Å²) < 4.78 is 0. The topological polar surface area (TPSA) is 67.3 Å². The molecule has 1 heterocycles. The van der Waals surface area contributed by atoms with Crippen LogP contribution in [0.25, 0.3) is 11.1 Å². The van der Waals surface area contributed by atoms with Crippen molar-refractivity contribution in [2.24, 2.45) is 0 Å². The summed E-state index contributed by atoms with van der Waals surface area (Å²) in [7, 11) is 0. The lowest BCUT2D eigenvalue weighted by Crippen LogP contribution is -2.10. The number of fused-ring (bicyclic) bond motifs is 1. The highest BCUT2D eigenvalue weighted by Gasteiger charge is 2.17. The van der Waals surface area contributed by atoms with E-state index in [1.54, 1.807) is 6.07 Å². The van der Waals surface area contributed by atoms with E-state index in [4.69, 9.17) is 5.11 Å². The Morgan fingerprint density at radius 1 is 1.10 bits per heavy atom. The molecule has 0 fully saturated rings. The van der Waals surface area contributed by atoms with Gasteiger partial charge in [0.1, 0.15) is 5.69 Å². The number of carboxylic acids is 1. The molecule has 1 aliphatic carbocycles. The summed E-state index contributed by atoms with van der Waals surface area (Å²) in [5, 5.41) is 8.97. The maximum absolute atomic E-state index is 11.9. The van der Waals surface area contributed by atoms with E-state index < -0.39 is 5.97 Å². The first-order valence-corrected chi connectivity index (χ1v) is 6.51. The van der Waals surface area contributed by atoms with Crippen LogP contribution in [0.1, 0.15) is 39.3 Å². The number of nitrogens with zero attached hydrogens (tertiary/aromatic N) is 1. The monoisotopic (exact) mass is 267 g/mol. The molecule has 0 aliphatic heterocycles. The number of pyridine rings is 1. The van der Waals surface area contributed by atoms with Crippen molar-refractivity contribution in [2.75, 3.05) is 0 Å². The first-order valence-electron chi connectivity index (χ1n) is 6.51. The number of carbonyl (C=O) groups is 2. The third-order valence-electron chi connectivity index (χ3n) is 3.57. The molecule has 2 aromatic rings. The van der Waals surface area contributed by atoms with Gasteiger partial charge in [0.2, 0.25) is 0 Å². The molecule has 0 amide bonds. The molecule has 1 N–H and O–H groups in total. The third kappa shape index (κ3) is 2.20. The molecule has 100 valence electrons. The van der Waals surface area contributed by atoms with Gasteiger partial charge in [0.25, 0.3) is 0 Å². The molecule has 4 nitrogen and oxygen atoms in total. The van der Waals surface area contributed by atoms with Crippen LogP contribution in [0, 0.1) is 0 Å². The minimum Gasteiger partial charge on any atom is -0.477 e. The van der Waals surface area contributed by atoms with Gasteiger partial charge in [-0.2, -0.15) is 0 Å². The van der Waals surface area contributed by atoms with Gasteiger partial charge in [-0.25, -0.2) is 9.78 Å². The van der Waals surface area contributed by atoms with Crippen LogP contribution in [0.2, 0.25) is 0 Å². The fourth-order valence-electron chi connectivity index (χ4n) is 2.53. The van der Waals surface area contributed by atoms with Gasteiger partial charge in [-0.15, -0.1) is 0 Å². The smallest absolute Gasteiger partial charge is 0.354 e. The highest BCUT2D eigenvalue weighted by molar-refractivity contribution is 5.99. The van der Waals surface area contributed by atoms with Crippen molar-refractivity contribution in [2.45, 2.75) is 19.3 Å². The Balaban J connectivity index is 2.07. The Bertz CT molecular complexity index is 707. The molecular weight excluding hydrogens is 254 g/mol. The predicted molar refractivity (Wildman–Crippen MR) is 73.9 cm³/mol. The number of rotatable bonds is 2. The predicted octanol–water partition coefficient (Wildman–Crippen LogP) is 2.97. The van der Waals surface area contributed by atoms with E-state index in [2.05, 4.69) is 4.98 Å². The minimum absolute atomic E-state index is 0.00606. The summed E-state index contributed by atoms with van der Waals surface area (Å²) in [5.74, 6) is -0.887. The summed E-state index contributed by atoms with van der Waals surface area (Å²) in [4.78, 5) is 26.7. The van der Waals surface area contributed by atoms with Gasteiger partial charge in [-0.3, -0.25) is 4.79 Å². The van der Waals surface area contributed by atoms with Crippen molar-refractivity contribution in [1.82, 2.24) is 4.98 Å². The van der Waals surface area contributed by atoms with Crippen molar-refractivity contribution in [3.05, 3.63) is 53.3 Å². The van der Waals surface area contributed by atoms with E-state index in [1.807, 2.05) is 18.2 Å². The van der Waals surface area contributed by atoms with Crippen LogP contribution in [0.3, 0.4) is 0 Å². The molecule has 0 saturated heterocycles. The highest BCUT2D eigenvalue weighted by Crippen LogP contribution is 2.27. The molecule has 4 heteroatoms. The number of aromatic nitrogens is 1. The zero-order chi connectivity index (χ0) is 14.1.